The lowest BCUT2D eigenvalue weighted by Gasteiger charge is -2.23. The SMILES string of the molecule is CCCc1cc(OCCOCc2ccccc2)c(OC)cc1C(C)Cc1ccc(OC)c(OS(=O)c2ccccc2)c1CC(C)C. The molecule has 7 heteroatoms. The Balaban J connectivity index is 1.57. The molecule has 2 atom stereocenters. The van der Waals surface area contributed by atoms with E-state index in [-0.39, 0.29) is 5.92 Å². The molecule has 0 aromatic heterocycles. The summed E-state index contributed by atoms with van der Waals surface area (Å²) in [6, 6.07) is 27.7. The largest absolute Gasteiger partial charge is 0.493 e. The fourth-order valence-corrected chi connectivity index (χ4v) is 6.44. The quantitative estimate of drug-likeness (QED) is 0.101. The van der Waals surface area contributed by atoms with Crippen LogP contribution >= 0.6 is 0 Å². The summed E-state index contributed by atoms with van der Waals surface area (Å²) in [5, 5.41) is 0. The average Bonchev–Trinajstić information content (AvgIpc) is 3.06. The van der Waals surface area contributed by atoms with Gasteiger partial charge in [-0.05, 0) is 83.7 Å². The summed E-state index contributed by atoms with van der Waals surface area (Å²) in [5.74, 6) is 3.10. The van der Waals surface area contributed by atoms with Crippen molar-refractivity contribution in [3.8, 4) is 23.0 Å². The van der Waals surface area contributed by atoms with Crippen molar-refractivity contribution < 1.29 is 27.3 Å². The molecule has 4 aromatic rings. The molecule has 0 aliphatic rings. The van der Waals surface area contributed by atoms with Gasteiger partial charge >= 0.3 is 0 Å². The Morgan fingerprint density at radius 3 is 2.09 bits per heavy atom. The molecule has 0 aliphatic carbocycles. The number of hydrogen-bond donors (Lipinski definition) is 0. The lowest BCUT2D eigenvalue weighted by Crippen LogP contribution is -2.12. The van der Waals surface area contributed by atoms with Crippen LogP contribution in [0.15, 0.2) is 89.8 Å². The van der Waals surface area contributed by atoms with Crippen LogP contribution in [0.1, 0.15) is 67.9 Å². The van der Waals surface area contributed by atoms with Crippen LogP contribution < -0.4 is 18.4 Å². The summed E-state index contributed by atoms with van der Waals surface area (Å²) in [7, 11) is 3.31. The minimum Gasteiger partial charge on any atom is -0.493 e. The maximum absolute atomic E-state index is 13.3. The molecule has 0 amide bonds. The van der Waals surface area contributed by atoms with E-state index in [4.69, 9.17) is 23.1 Å². The molecule has 0 spiro atoms. The first-order chi connectivity index (χ1) is 22.3. The maximum Gasteiger partial charge on any atom is 0.240 e. The van der Waals surface area contributed by atoms with Gasteiger partial charge in [0.1, 0.15) is 6.61 Å². The van der Waals surface area contributed by atoms with Crippen LogP contribution in [0.5, 0.6) is 23.0 Å². The zero-order valence-corrected chi connectivity index (χ0v) is 28.9. The first kappa shape index (κ1) is 35.1. The van der Waals surface area contributed by atoms with Gasteiger partial charge in [0.15, 0.2) is 23.0 Å². The van der Waals surface area contributed by atoms with Crippen LogP contribution in [0.25, 0.3) is 0 Å². The lowest BCUT2D eigenvalue weighted by molar-refractivity contribution is 0.0879. The van der Waals surface area contributed by atoms with Crippen molar-refractivity contribution in [3.63, 3.8) is 0 Å². The van der Waals surface area contributed by atoms with Crippen LogP contribution in [-0.4, -0.2) is 31.6 Å². The molecule has 246 valence electrons. The van der Waals surface area contributed by atoms with E-state index in [2.05, 4.69) is 58.0 Å². The number of hydrogen-bond acceptors (Lipinski definition) is 6. The molecule has 0 saturated heterocycles. The van der Waals surface area contributed by atoms with Crippen molar-refractivity contribution in [1.29, 1.82) is 0 Å². The van der Waals surface area contributed by atoms with E-state index < -0.39 is 11.1 Å². The van der Waals surface area contributed by atoms with Crippen molar-refractivity contribution in [2.24, 2.45) is 5.92 Å². The highest BCUT2D eigenvalue weighted by Gasteiger charge is 2.23. The summed E-state index contributed by atoms with van der Waals surface area (Å²) in [6.45, 7) is 10.3. The Morgan fingerprint density at radius 2 is 1.43 bits per heavy atom. The highest BCUT2D eigenvalue weighted by Crippen LogP contribution is 2.40. The second-order valence-corrected chi connectivity index (χ2v) is 13.0. The Hall–Kier alpha value is -3.81. The predicted molar refractivity (Wildman–Crippen MR) is 186 cm³/mol. The maximum atomic E-state index is 13.3. The van der Waals surface area contributed by atoms with Crippen molar-refractivity contribution >= 4 is 11.1 Å². The molecule has 0 radical (unpaired) electrons. The first-order valence-electron chi connectivity index (χ1n) is 16.1. The molecule has 0 saturated carbocycles. The van der Waals surface area contributed by atoms with Crippen LogP contribution in [-0.2, 0) is 41.7 Å². The number of benzene rings is 4. The highest BCUT2D eigenvalue weighted by molar-refractivity contribution is 7.80. The molecule has 6 nitrogen and oxygen atoms in total. The smallest absolute Gasteiger partial charge is 0.240 e. The van der Waals surface area contributed by atoms with Gasteiger partial charge in [-0.3, -0.25) is 0 Å². The van der Waals surface area contributed by atoms with Gasteiger partial charge < -0.3 is 23.1 Å². The van der Waals surface area contributed by atoms with E-state index in [0.29, 0.717) is 47.9 Å². The third-order valence-corrected chi connectivity index (χ3v) is 8.82. The number of aryl methyl sites for hydroxylation is 1. The van der Waals surface area contributed by atoms with Gasteiger partial charge in [0.05, 0.1) is 32.3 Å². The standard InChI is InChI=1S/C39H48O6S/c1-7-14-31-25-38(44-22-21-43-27-30-15-10-8-11-16-30)37(42-6)26-34(31)29(4)24-32-19-20-36(41-5)39(35(32)23-28(2)3)45-46(40)33-17-12-9-13-18-33/h8-13,15-20,25-26,28-29H,7,14,21-24,27H2,1-6H3. The van der Waals surface area contributed by atoms with Gasteiger partial charge in [-0.1, -0.05) is 88.7 Å². The molecule has 0 fully saturated rings. The minimum atomic E-state index is -1.68. The first-order valence-corrected chi connectivity index (χ1v) is 17.2. The Kier molecular flexibility index (Phi) is 13.5. The molecule has 46 heavy (non-hydrogen) atoms. The Labute approximate surface area is 277 Å². The highest BCUT2D eigenvalue weighted by atomic mass is 32.2. The third kappa shape index (κ3) is 9.60. The monoisotopic (exact) mass is 644 g/mol. The number of rotatable bonds is 18. The molecular formula is C39H48O6S. The average molecular weight is 645 g/mol. The van der Waals surface area contributed by atoms with Gasteiger partial charge in [-0.2, -0.15) is 0 Å². The molecule has 0 N–H and O–H groups in total. The fraction of sp³-hybridized carbons (Fsp3) is 0.385. The van der Waals surface area contributed by atoms with E-state index in [1.807, 2.05) is 54.6 Å². The molecule has 0 bridgehead atoms. The van der Waals surface area contributed by atoms with Crippen LogP contribution in [0.4, 0.5) is 0 Å². The van der Waals surface area contributed by atoms with Crippen molar-refractivity contribution in [3.05, 3.63) is 113 Å². The normalized spacial score (nSPS) is 12.5. The Bertz CT molecular complexity index is 1540. The van der Waals surface area contributed by atoms with E-state index >= 15 is 0 Å². The summed E-state index contributed by atoms with van der Waals surface area (Å²) in [6.07, 6.45) is 3.48. The van der Waals surface area contributed by atoms with Crippen LogP contribution in [0.2, 0.25) is 0 Å². The zero-order valence-electron chi connectivity index (χ0n) is 28.0. The van der Waals surface area contributed by atoms with E-state index in [9.17, 15) is 4.21 Å². The van der Waals surface area contributed by atoms with Crippen molar-refractivity contribution in [2.45, 2.75) is 70.8 Å². The topological polar surface area (TPSA) is 63.2 Å². The molecule has 2 unspecified atom stereocenters. The minimum absolute atomic E-state index is 0.172. The molecular weight excluding hydrogens is 596 g/mol. The van der Waals surface area contributed by atoms with Gasteiger partial charge in [0.25, 0.3) is 0 Å². The van der Waals surface area contributed by atoms with Gasteiger partial charge in [0.2, 0.25) is 11.1 Å². The summed E-state index contributed by atoms with van der Waals surface area (Å²) < 4.78 is 43.0. The second kappa shape index (κ2) is 17.8. The molecule has 0 aliphatic heterocycles. The molecule has 4 aromatic carbocycles. The Morgan fingerprint density at radius 1 is 0.739 bits per heavy atom. The fourth-order valence-electron chi connectivity index (χ4n) is 5.63. The lowest BCUT2D eigenvalue weighted by atomic mass is 9.85. The van der Waals surface area contributed by atoms with E-state index in [1.165, 1.54) is 11.1 Å². The van der Waals surface area contributed by atoms with Gasteiger partial charge in [0, 0.05) is 5.56 Å². The van der Waals surface area contributed by atoms with Crippen molar-refractivity contribution in [2.75, 3.05) is 27.4 Å². The van der Waals surface area contributed by atoms with Gasteiger partial charge in [-0.15, -0.1) is 0 Å². The van der Waals surface area contributed by atoms with Crippen molar-refractivity contribution in [1.82, 2.24) is 0 Å². The summed E-state index contributed by atoms with van der Waals surface area (Å²) in [4.78, 5) is 0.611. The zero-order chi connectivity index (χ0) is 32.9. The molecule has 0 heterocycles. The summed E-state index contributed by atoms with van der Waals surface area (Å²) in [5.41, 5.74) is 5.80. The molecule has 4 rings (SSSR count). The second-order valence-electron chi connectivity index (χ2n) is 11.9. The van der Waals surface area contributed by atoms with E-state index in [1.54, 1.807) is 14.2 Å². The summed E-state index contributed by atoms with van der Waals surface area (Å²) >= 11 is -1.68. The van der Waals surface area contributed by atoms with E-state index in [0.717, 1.165) is 48.1 Å². The third-order valence-electron chi connectivity index (χ3n) is 7.85. The predicted octanol–water partition coefficient (Wildman–Crippen LogP) is 8.90. The van der Waals surface area contributed by atoms with Gasteiger partial charge in [-0.25, -0.2) is 4.21 Å². The van der Waals surface area contributed by atoms with Crippen LogP contribution in [0, 0.1) is 5.92 Å². The van der Waals surface area contributed by atoms with Crippen LogP contribution in [0.3, 0.4) is 0 Å². The number of ether oxygens (including phenoxy) is 4. The number of methoxy groups -OCH3 is 2.